The fourth-order valence-corrected chi connectivity index (χ4v) is 3.02. The Bertz CT molecular complexity index is 706. The van der Waals surface area contributed by atoms with Gasteiger partial charge in [-0.25, -0.2) is 4.68 Å². The molecule has 1 aliphatic rings. The molecule has 0 aliphatic carbocycles. The molecule has 122 valence electrons. The van der Waals surface area contributed by atoms with Crippen molar-refractivity contribution < 1.29 is 9.53 Å². The van der Waals surface area contributed by atoms with E-state index in [1.165, 1.54) is 0 Å². The Balaban J connectivity index is 2.04. The van der Waals surface area contributed by atoms with Gasteiger partial charge in [-0.3, -0.25) is 4.79 Å². The number of aromatic nitrogens is 2. The summed E-state index contributed by atoms with van der Waals surface area (Å²) in [7, 11) is 0. The van der Waals surface area contributed by atoms with Gasteiger partial charge in [0.2, 0.25) is 5.91 Å². The van der Waals surface area contributed by atoms with E-state index in [4.69, 9.17) is 4.74 Å². The minimum atomic E-state index is -0.0145. The minimum Gasteiger partial charge on any atom is -0.493 e. The summed E-state index contributed by atoms with van der Waals surface area (Å²) in [6.07, 6.45) is 3.25. The number of anilines is 1. The molecular formula is C18H23N3O2. The molecule has 0 radical (unpaired) electrons. The van der Waals surface area contributed by atoms with Gasteiger partial charge in [0, 0.05) is 29.5 Å². The van der Waals surface area contributed by atoms with Crippen LogP contribution in [0, 0.1) is 0 Å². The van der Waals surface area contributed by atoms with Crippen LogP contribution in [0.1, 0.15) is 56.7 Å². The molecule has 0 bridgehead atoms. The third kappa shape index (κ3) is 2.96. The third-order valence-corrected chi connectivity index (χ3v) is 4.09. The molecular weight excluding hydrogens is 290 g/mol. The summed E-state index contributed by atoms with van der Waals surface area (Å²) in [6.45, 7) is 6.87. The van der Waals surface area contributed by atoms with E-state index in [9.17, 15) is 4.79 Å². The van der Waals surface area contributed by atoms with Crippen LogP contribution in [0.5, 0.6) is 5.75 Å². The molecule has 0 unspecified atom stereocenters. The summed E-state index contributed by atoms with van der Waals surface area (Å²) in [5.74, 6) is 1.68. The van der Waals surface area contributed by atoms with E-state index in [1.54, 1.807) is 0 Å². The zero-order valence-electron chi connectivity index (χ0n) is 13.9. The van der Waals surface area contributed by atoms with Gasteiger partial charge in [-0.05, 0) is 26.3 Å². The molecule has 0 saturated carbocycles. The van der Waals surface area contributed by atoms with Crippen molar-refractivity contribution in [1.29, 1.82) is 0 Å². The number of amides is 1. The van der Waals surface area contributed by atoms with Gasteiger partial charge in [-0.2, -0.15) is 5.10 Å². The first-order chi connectivity index (χ1) is 11.1. The van der Waals surface area contributed by atoms with E-state index in [0.29, 0.717) is 13.0 Å². The number of nitrogens with zero attached hydrogens (tertiary/aromatic N) is 2. The topological polar surface area (TPSA) is 56.1 Å². The zero-order chi connectivity index (χ0) is 16.4. The van der Waals surface area contributed by atoms with Crippen molar-refractivity contribution in [2.45, 2.75) is 45.6 Å². The van der Waals surface area contributed by atoms with E-state index >= 15 is 0 Å². The van der Waals surface area contributed by atoms with Crippen LogP contribution in [-0.4, -0.2) is 22.3 Å². The Morgan fingerprint density at radius 2 is 2.13 bits per heavy atom. The Hall–Kier alpha value is -2.30. The highest BCUT2D eigenvalue weighted by Crippen LogP contribution is 2.41. The van der Waals surface area contributed by atoms with Gasteiger partial charge >= 0.3 is 0 Å². The molecule has 5 nitrogen and oxygen atoms in total. The number of carbonyl (C=O) groups excluding carboxylic acids is 1. The maximum Gasteiger partial charge on any atom is 0.226 e. The lowest BCUT2D eigenvalue weighted by Gasteiger charge is -2.26. The third-order valence-electron chi connectivity index (χ3n) is 4.09. The first-order valence-electron chi connectivity index (χ1n) is 8.20. The molecule has 0 fully saturated rings. The van der Waals surface area contributed by atoms with Gasteiger partial charge < -0.3 is 10.1 Å². The van der Waals surface area contributed by atoms with Gasteiger partial charge in [0.15, 0.2) is 0 Å². The average molecular weight is 313 g/mol. The normalized spacial score (nSPS) is 17.0. The second-order valence-corrected chi connectivity index (χ2v) is 6.18. The van der Waals surface area contributed by atoms with Crippen LogP contribution in [-0.2, 0) is 4.79 Å². The molecule has 1 atom stereocenters. The number of hydrogen-bond donors (Lipinski definition) is 1. The average Bonchev–Trinajstić information content (AvgIpc) is 2.96. The summed E-state index contributed by atoms with van der Waals surface area (Å²) in [5, 5.41) is 7.43. The lowest BCUT2D eigenvalue weighted by atomic mass is 9.87. The maximum atomic E-state index is 12.2. The number of fused-ring (bicyclic) bond motifs is 1. The second kappa shape index (κ2) is 6.44. The fourth-order valence-electron chi connectivity index (χ4n) is 3.02. The van der Waals surface area contributed by atoms with Crippen LogP contribution in [0.25, 0.3) is 0 Å². The lowest BCUT2D eigenvalue weighted by Crippen LogP contribution is -2.25. The molecule has 1 aliphatic heterocycles. The number of hydrogen-bond acceptors (Lipinski definition) is 3. The molecule has 0 saturated heterocycles. The monoisotopic (exact) mass is 313 g/mol. The van der Waals surface area contributed by atoms with Gasteiger partial charge in [0.05, 0.1) is 12.8 Å². The summed E-state index contributed by atoms with van der Waals surface area (Å²) >= 11 is 0. The summed E-state index contributed by atoms with van der Waals surface area (Å²) in [4.78, 5) is 12.2. The van der Waals surface area contributed by atoms with Crippen molar-refractivity contribution in [3.63, 3.8) is 0 Å². The Morgan fingerprint density at radius 1 is 1.35 bits per heavy atom. The highest BCUT2D eigenvalue weighted by atomic mass is 16.5. The molecule has 2 aromatic rings. The highest BCUT2D eigenvalue weighted by Gasteiger charge is 2.32. The van der Waals surface area contributed by atoms with Crippen LogP contribution in [0.3, 0.4) is 0 Å². The van der Waals surface area contributed by atoms with Crippen molar-refractivity contribution >= 4 is 11.7 Å². The quantitative estimate of drug-likeness (QED) is 0.915. The Morgan fingerprint density at radius 3 is 2.87 bits per heavy atom. The molecule has 1 N–H and O–H groups in total. The van der Waals surface area contributed by atoms with Gasteiger partial charge in [-0.15, -0.1) is 0 Å². The number of carbonyl (C=O) groups is 1. The van der Waals surface area contributed by atoms with Gasteiger partial charge in [0.25, 0.3) is 0 Å². The number of nitrogens with one attached hydrogen (secondary N) is 1. The van der Waals surface area contributed by atoms with Crippen molar-refractivity contribution in [3.8, 4) is 5.75 Å². The molecule has 5 heteroatoms. The van der Waals surface area contributed by atoms with Crippen LogP contribution >= 0.6 is 0 Å². The van der Waals surface area contributed by atoms with Crippen molar-refractivity contribution in [3.05, 3.63) is 41.6 Å². The number of benzene rings is 1. The van der Waals surface area contributed by atoms with Crippen LogP contribution in [0.4, 0.5) is 5.82 Å². The molecule has 1 aromatic heterocycles. The number of para-hydroxylation sites is 1. The largest absolute Gasteiger partial charge is 0.493 e. The van der Waals surface area contributed by atoms with Crippen molar-refractivity contribution in [1.82, 2.24) is 9.78 Å². The van der Waals surface area contributed by atoms with E-state index in [-0.39, 0.29) is 17.9 Å². The summed E-state index contributed by atoms with van der Waals surface area (Å²) in [5.41, 5.74) is 2.12. The van der Waals surface area contributed by atoms with Gasteiger partial charge in [-0.1, -0.05) is 25.1 Å². The van der Waals surface area contributed by atoms with E-state index < -0.39 is 0 Å². The molecule has 2 heterocycles. The van der Waals surface area contributed by atoms with Crippen molar-refractivity contribution in [2.75, 3.05) is 11.9 Å². The molecule has 23 heavy (non-hydrogen) atoms. The predicted molar refractivity (Wildman–Crippen MR) is 89.9 cm³/mol. The summed E-state index contributed by atoms with van der Waals surface area (Å²) < 4.78 is 7.76. The number of ether oxygens (including phenoxy) is 1. The Kier molecular flexibility index (Phi) is 4.37. The first kappa shape index (κ1) is 15.6. The number of rotatable bonds is 5. The lowest BCUT2D eigenvalue weighted by molar-refractivity contribution is -0.116. The molecule has 0 spiro atoms. The van der Waals surface area contributed by atoms with Crippen molar-refractivity contribution in [2.24, 2.45) is 0 Å². The molecule has 3 rings (SSSR count). The fraction of sp³-hybridized carbons (Fsp3) is 0.444. The van der Waals surface area contributed by atoms with Crippen LogP contribution < -0.4 is 10.1 Å². The van der Waals surface area contributed by atoms with Gasteiger partial charge in [0.1, 0.15) is 11.6 Å². The standard InChI is InChI=1S/C18H23N3O2/c1-4-9-23-16-8-6-5-7-13(16)14-10-17(22)20-18-15(14)11-19-21(18)12(2)3/h5-8,11-12,14H,4,9-10H2,1-3H3,(H,20,22)/t14-/m1/s1. The van der Waals surface area contributed by atoms with Crippen LogP contribution in [0.2, 0.25) is 0 Å². The predicted octanol–water partition coefficient (Wildman–Crippen LogP) is 3.73. The Labute approximate surface area is 136 Å². The molecule has 1 aromatic carbocycles. The van der Waals surface area contributed by atoms with E-state index in [1.807, 2.05) is 35.1 Å². The zero-order valence-corrected chi connectivity index (χ0v) is 13.9. The van der Waals surface area contributed by atoms with E-state index in [0.717, 1.165) is 29.1 Å². The SMILES string of the molecule is CCCOc1ccccc1[C@H]1CC(=O)Nc2c1cnn2C(C)C. The summed E-state index contributed by atoms with van der Waals surface area (Å²) in [6, 6.07) is 8.18. The van der Waals surface area contributed by atoms with Crippen LogP contribution in [0.15, 0.2) is 30.5 Å². The maximum absolute atomic E-state index is 12.2. The highest BCUT2D eigenvalue weighted by molar-refractivity contribution is 5.94. The minimum absolute atomic E-state index is 0.0145. The second-order valence-electron chi connectivity index (χ2n) is 6.18. The van der Waals surface area contributed by atoms with E-state index in [2.05, 4.69) is 31.2 Å². The smallest absolute Gasteiger partial charge is 0.226 e. The first-order valence-corrected chi connectivity index (χ1v) is 8.20. The molecule has 1 amide bonds.